The summed E-state index contributed by atoms with van der Waals surface area (Å²) in [6.45, 7) is 7.05. The number of aryl methyl sites for hydroxylation is 4. The van der Waals surface area contributed by atoms with Gasteiger partial charge in [0.25, 0.3) is 17.1 Å². The lowest BCUT2D eigenvalue weighted by Crippen LogP contribution is -2.36. The molecule has 0 radical (unpaired) electrons. The van der Waals surface area contributed by atoms with E-state index in [-0.39, 0.29) is 17.4 Å². The molecule has 0 aromatic heterocycles. The van der Waals surface area contributed by atoms with E-state index in [0.29, 0.717) is 28.4 Å². The number of thioether (sulfide) groups is 1. The molecule has 1 saturated heterocycles. The third-order valence-corrected chi connectivity index (χ3v) is 8.19. The van der Waals surface area contributed by atoms with Gasteiger partial charge in [-0.15, -0.1) is 0 Å². The largest absolute Gasteiger partial charge is 0.493 e. The molecule has 0 atom stereocenters. The third kappa shape index (κ3) is 7.21. The number of rotatable bonds is 9. The van der Waals surface area contributed by atoms with Crippen LogP contribution in [0.3, 0.4) is 0 Å². The lowest BCUT2D eigenvalue weighted by molar-refractivity contribution is -0.127. The number of imide groups is 1. The monoisotopic (exact) mass is 651 g/mol. The van der Waals surface area contributed by atoms with Gasteiger partial charge in [0.05, 0.1) is 17.7 Å². The van der Waals surface area contributed by atoms with E-state index >= 15 is 0 Å². The van der Waals surface area contributed by atoms with E-state index < -0.39 is 23.6 Å². The van der Waals surface area contributed by atoms with Crippen molar-refractivity contribution in [1.82, 2.24) is 4.90 Å². The van der Waals surface area contributed by atoms with E-state index in [1.165, 1.54) is 7.11 Å². The van der Waals surface area contributed by atoms with Crippen molar-refractivity contribution in [3.05, 3.63) is 85.7 Å². The number of hydrogen-bond acceptors (Lipinski definition) is 7. The molecule has 0 bridgehead atoms. The van der Waals surface area contributed by atoms with Crippen molar-refractivity contribution < 1.29 is 28.7 Å². The molecule has 1 heterocycles. The number of para-hydroxylation sites is 1. The van der Waals surface area contributed by atoms with Crippen LogP contribution in [0.4, 0.5) is 16.2 Å². The van der Waals surface area contributed by atoms with Gasteiger partial charge < -0.3 is 20.1 Å². The molecule has 9 nitrogen and oxygen atoms in total. The lowest BCUT2D eigenvalue weighted by Gasteiger charge is -2.15. The van der Waals surface area contributed by atoms with Gasteiger partial charge in [-0.25, -0.2) is 0 Å². The van der Waals surface area contributed by atoms with E-state index in [4.69, 9.17) is 9.47 Å². The molecular formula is C31H30BrN3O6S. The zero-order chi connectivity index (χ0) is 30.6. The zero-order valence-electron chi connectivity index (χ0n) is 23.8. The number of methoxy groups -OCH3 is 1. The van der Waals surface area contributed by atoms with E-state index in [9.17, 15) is 19.2 Å². The van der Waals surface area contributed by atoms with E-state index in [2.05, 4.69) is 26.6 Å². The third-order valence-electron chi connectivity index (χ3n) is 6.62. The van der Waals surface area contributed by atoms with Gasteiger partial charge in [-0.3, -0.25) is 24.1 Å². The summed E-state index contributed by atoms with van der Waals surface area (Å²) in [5.41, 5.74) is 5.80. The summed E-state index contributed by atoms with van der Waals surface area (Å²) < 4.78 is 11.9. The Kier molecular flexibility index (Phi) is 9.74. The summed E-state index contributed by atoms with van der Waals surface area (Å²) in [5.74, 6) is -0.695. The van der Waals surface area contributed by atoms with Crippen LogP contribution in [0, 0.1) is 27.7 Å². The number of halogens is 1. The Hall–Kier alpha value is -4.09. The van der Waals surface area contributed by atoms with Crippen molar-refractivity contribution in [2.75, 3.05) is 30.9 Å². The van der Waals surface area contributed by atoms with Gasteiger partial charge in [0.15, 0.2) is 18.1 Å². The number of amides is 4. The highest BCUT2D eigenvalue weighted by Crippen LogP contribution is 2.35. The molecule has 11 heteroatoms. The van der Waals surface area contributed by atoms with Crippen LogP contribution in [0.5, 0.6) is 11.5 Å². The molecule has 1 aliphatic rings. The first-order valence-electron chi connectivity index (χ1n) is 13.0. The summed E-state index contributed by atoms with van der Waals surface area (Å²) in [6, 6.07) is 14.4. The van der Waals surface area contributed by atoms with Crippen molar-refractivity contribution in [3.8, 4) is 11.5 Å². The number of hydrogen-bond donors (Lipinski definition) is 2. The summed E-state index contributed by atoms with van der Waals surface area (Å²) in [4.78, 5) is 51.8. The predicted octanol–water partition coefficient (Wildman–Crippen LogP) is 6.38. The van der Waals surface area contributed by atoms with Crippen molar-refractivity contribution >= 4 is 68.1 Å². The Balaban J connectivity index is 1.40. The van der Waals surface area contributed by atoms with Gasteiger partial charge in [0.1, 0.15) is 6.54 Å². The van der Waals surface area contributed by atoms with Crippen molar-refractivity contribution in [2.45, 2.75) is 27.7 Å². The van der Waals surface area contributed by atoms with Gasteiger partial charge in [-0.2, -0.15) is 0 Å². The minimum Gasteiger partial charge on any atom is -0.493 e. The second-order valence-electron chi connectivity index (χ2n) is 9.75. The summed E-state index contributed by atoms with van der Waals surface area (Å²) in [6.07, 6.45) is 1.55. The predicted molar refractivity (Wildman–Crippen MR) is 168 cm³/mol. The zero-order valence-corrected chi connectivity index (χ0v) is 26.2. The fraction of sp³-hybridized carbons (Fsp3) is 0.226. The standard InChI is InChI=1S/C31H30BrN3O6S/c1-17-7-6-8-18(2)29(17)34-27(36)15-35-30(38)26(42-31(35)39)14-21-9-10-24(25(13-21)40-5)41-16-28(37)33-23-12-20(4)19(3)11-22(23)32/h6-14H,15-16H2,1-5H3,(H,33,37)(H,34,36)/b26-14+. The van der Waals surface area contributed by atoms with Crippen LogP contribution >= 0.6 is 27.7 Å². The van der Waals surface area contributed by atoms with Gasteiger partial charge in [-0.05, 0) is 114 Å². The number of nitrogens with zero attached hydrogens (tertiary/aromatic N) is 1. The van der Waals surface area contributed by atoms with E-state index in [1.54, 1.807) is 24.3 Å². The average Bonchev–Trinajstić information content (AvgIpc) is 3.20. The molecule has 3 aromatic carbocycles. The molecule has 3 aromatic rings. The molecule has 218 valence electrons. The van der Waals surface area contributed by atoms with Gasteiger partial charge in [0.2, 0.25) is 5.91 Å². The summed E-state index contributed by atoms with van der Waals surface area (Å²) in [5, 5.41) is 5.09. The molecule has 4 amide bonds. The number of carbonyl (C=O) groups is 4. The van der Waals surface area contributed by atoms with Crippen LogP contribution in [-0.4, -0.2) is 48.1 Å². The number of carbonyl (C=O) groups excluding carboxylic acids is 4. The maximum atomic E-state index is 13.0. The molecule has 2 N–H and O–H groups in total. The normalized spacial score (nSPS) is 13.9. The molecule has 0 unspecified atom stereocenters. The molecule has 1 aliphatic heterocycles. The highest BCUT2D eigenvalue weighted by atomic mass is 79.9. The molecule has 42 heavy (non-hydrogen) atoms. The second-order valence-corrected chi connectivity index (χ2v) is 11.6. The molecule has 0 saturated carbocycles. The highest BCUT2D eigenvalue weighted by Gasteiger charge is 2.36. The van der Waals surface area contributed by atoms with Crippen LogP contribution in [-0.2, 0) is 14.4 Å². The Morgan fingerprint density at radius 1 is 0.905 bits per heavy atom. The Morgan fingerprint density at radius 3 is 2.29 bits per heavy atom. The minimum atomic E-state index is -0.560. The smallest absolute Gasteiger partial charge is 0.294 e. The molecular weight excluding hydrogens is 622 g/mol. The van der Waals surface area contributed by atoms with Crippen molar-refractivity contribution in [1.29, 1.82) is 0 Å². The topological polar surface area (TPSA) is 114 Å². The van der Waals surface area contributed by atoms with Crippen LogP contribution in [0.25, 0.3) is 6.08 Å². The lowest BCUT2D eigenvalue weighted by atomic mass is 10.1. The maximum absolute atomic E-state index is 13.0. The second kappa shape index (κ2) is 13.3. The van der Waals surface area contributed by atoms with Crippen LogP contribution in [0.2, 0.25) is 0 Å². The molecule has 0 aliphatic carbocycles. The Morgan fingerprint density at radius 2 is 1.60 bits per heavy atom. The van der Waals surface area contributed by atoms with Crippen molar-refractivity contribution in [3.63, 3.8) is 0 Å². The summed E-state index contributed by atoms with van der Waals surface area (Å²) >= 11 is 4.22. The fourth-order valence-corrected chi connectivity index (χ4v) is 5.62. The van der Waals surface area contributed by atoms with Crippen LogP contribution < -0.4 is 20.1 Å². The molecule has 4 rings (SSSR count). The minimum absolute atomic E-state index is 0.175. The van der Waals surface area contributed by atoms with Crippen LogP contribution in [0.1, 0.15) is 27.8 Å². The van der Waals surface area contributed by atoms with Crippen LogP contribution in [0.15, 0.2) is 57.9 Å². The molecule has 1 fully saturated rings. The number of ether oxygens (including phenoxy) is 2. The first-order chi connectivity index (χ1) is 20.0. The SMILES string of the molecule is COc1cc(/C=C2/SC(=O)N(CC(=O)Nc3c(C)cccc3C)C2=O)ccc1OCC(=O)Nc1cc(C)c(C)cc1Br. The van der Waals surface area contributed by atoms with Gasteiger partial charge in [-0.1, -0.05) is 24.3 Å². The summed E-state index contributed by atoms with van der Waals surface area (Å²) in [7, 11) is 1.46. The fourth-order valence-electron chi connectivity index (χ4n) is 4.22. The average molecular weight is 653 g/mol. The number of benzene rings is 3. The van der Waals surface area contributed by atoms with Gasteiger partial charge >= 0.3 is 0 Å². The van der Waals surface area contributed by atoms with Gasteiger partial charge in [0, 0.05) is 10.2 Å². The first kappa shape index (κ1) is 30.9. The first-order valence-corrected chi connectivity index (χ1v) is 14.6. The Labute approximate surface area is 256 Å². The highest BCUT2D eigenvalue weighted by molar-refractivity contribution is 9.10. The van der Waals surface area contributed by atoms with E-state index in [1.807, 2.05) is 58.0 Å². The van der Waals surface area contributed by atoms with Crippen molar-refractivity contribution in [2.24, 2.45) is 0 Å². The maximum Gasteiger partial charge on any atom is 0.294 e. The molecule has 0 spiro atoms. The van der Waals surface area contributed by atoms with E-state index in [0.717, 1.165) is 43.4 Å². The number of anilines is 2. The number of nitrogens with one attached hydrogen (secondary N) is 2. The Bertz CT molecular complexity index is 1600. The quantitative estimate of drug-likeness (QED) is 0.258.